The molecule has 0 unspecified atom stereocenters. The number of aromatic nitrogens is 5. The fourth-order valence-electron chi connectivity index (χ4n) is 8.87. The number of nitrogens with one attached hydrogen (secondary N) is 1. The first kappa shape index (κ1) is 60.3. The van der Waals surface area contributed by atoms with Crippen LogP contribution in [-0.2, 0) is 73.7 Å². The van der Waals surface area contributed by atoms with Crippen LogP contribution in [0.4, 0.5) is 60.2 Å². The number of hydrogen-bond acceptors (Lipinski definition) is 11. The van der Waals surface area contributed by atoms with Gasteiger partial charge in [-0.15, -0.1) is 0 Å². The van der Waals surface area contributed by atoms with E-state index in [1.54, 1.807) is 0 Å². The Balaban J connectivity index is 1.48. The molecule has 0 bridgehead atoms. The number of anilines is 2. The third kappa shape index (κ3) is 13.0. The summed E-state index contributed by atoms with van der Waals surface area (Å²) in [5.41, 5.74) is -6.37. The Kier molecular flexibility index (Phi) is 16.3. The number of halogens is 11. The van der Waals surface area contributed by atoms with E-state index in [2.05, 4.69) is 25.0 Å². The van der Waals surface area contributed by atoms with Crippen LogP contribution in [0, 0.1) is 17.6 Å². The number of para-hydroxylation sites is 2. The van der Waals surface area contributed by atoms with Crippen LogP contribution in [0.3, 0.4) is 0 Å². The lowest BCUT2D eigenvalue weighted by Gasteiger charge is -2.26. The number of phosphoric ester groups is 1. The third-order valence-corrected chi connectivity index (χ3v) is 16.9. The molecule has 0 saturated carbocycles. The summed E-state index contributed by atoms with van der Waals surface area (Å²) in [4.78, 5) is 53.1. The third-order valence-electron chi connectivity index (χ3n) is 12.9. The highest BCUT2D eigenvalue weighted by atomic mass is 35.5. The van der Waals surface area contributed by atoms with Gasteiger partial charge < -0.3 is 9.84 Å². The number of urea groups is 1. The fourth-order valence-corrected chi connectivity index (χ4v) is 10.8. The van der Waals surface area contributed by atoms with Crippen molar-refractivity contribution in [1.29, 1.82) is 0 Å². The lowest BCUT2D eigenvalue weighted by molar-refractivity contribution is -0.143. The van der Waals surface area contributed by atoms with Crippen LogP contribution in [0.25, 0.3) is 22.0 Å². The predicted molar refractivity (Wildman–Crippen MR) is 266 cm³/mol. The van der Waals surface area contributed by atoms with E-state index in [0.717, 1.165) is 56.6 Å². The summed E-state index contributed by atoms with van der Waals surface area (Å²) in [6.45, 7) is 0.357. The first-order chi connectivity index (χ1) is 36.2. The second-order valence-electron chi connectivity index (χ2n) is 19.3. The van der Waals surface area contributed by atoms with E-state index < -0.39 is 174 Å². The zero-order chi connectivity index (χ0) is 58.9. The number of carbonyl (C=O) groups is 2. The van der Waals surface area contributed by atoms with Crippen molar-refractivity contribution < 1.29 is 89.2 Å². The van der Waals surface area contributed by atoms with Gasteiger partial charge in [-0.3, -0.25) is 33.8 Å². The Morgan fingerprint density at radius 1 is 0.937 bits per heavy atom. The van der Waals surface area contributed by atoms with Crippen LogP contribution in [0.15, 0.2) is 66.7 Å². The normalized spacial score (nSPS) is 15.5. The van der Waals surface area contributed by atoms with Gasteiger partial charge in [-0.25, -0.2) is 35.0 Å². The van der Waals surface area contributed by atoms with Crippen molar-refractivity contribution >= 4 is 73.6 Å². The smallest absolute Gasteiger partial charge is 0.402 e. The second kappa shape index (κ2) is 21.3. The molecule has 0 radical (unpaired) electrons. The second-order valence-corrected chi connectivity index (χ2v) is 25.3. The number of carbonyl (C=O) groups excluding carboxylic acids is 2. The molecule has 3 amide bonds. The van der Waals surface area contributed by atoms with Crippen molar-refractivity contribution in [2.24, 2.45) is 5.92 Å². The molecule has 1 aliphatic carbocycles. The minimum Gasteiger partial charge on any atom is -0.402 e. The topological polar surface area (TPSA) is 236 Å². The summed E-state index contributed by atoms with van der Waals surface area (Å²) in [5, 5.41) is 8.51. The summed E-state index contributed by atoms with van der Waals surface area (Å²) in [7, 11) is -13.3. The molecule has 2 atom stereocenters. The number of pyridine rings is 1. The molecule has 6 aromatic rings. The Morgan fingerprint density at radius 2 is 1.56 bits per heavy atom. The van der Waals surface area contributed by atoms with E-state index in [9.17, 15) is 75.9 Å². The van der Waals surface area contributed by atoms with Gasteiger partial charge in [0.05, 0.1) is 44.4 Å². The van der Waals surface area contributed by atoms with Gasteiger partial charge in [0.2, 0.25) is 15.9 Å². The number of sulfonamides is 1. The van der Waals surface area contributed by atoms with Crippen molar-refractivity contribution in [2.45, 2.75) is 88.6 Å². The molecule has 428 valence electrons. The molecule has 3 aromatic carbocycles. The van der Waals surface area contributed by atoms with Crippen molar-refractivity contribution in [3.8, 4) is 16.9 Å². The van der Waals surface area contributed by atoms with Gasteiger partial charge in [0.1, 0.15) is 30.4 Å². The van der Waals surface area contributed by atoms with Crippen LogP contribution in [0.2, 0.25) is 5.02 Å². The minimum absolute atomic E-state index is 0.00285. The van der Waals surface area contributed by atoms with E-state index in [0.29, 0.717) is 17.2 Å². The standard InChI is InChI=1S/C47H46ClF10N8O10PS2/c1-24-17-31-40(47(56,57)58)61-64(41(31)46(24,54)55)22-36(67)60-33(20-25-18-26(49)21-27(50)19-25)38-29(12-11-28(59-38)15-16-44(2,3)78(5,72)73)30-13-14-32(48)37-39(30)65(23-45(51,52)53)62-42(37)66(79(6,74)75)43(68)63(4)34-9-7-8-10-35(34)76-77(69,70)71/h7-14,18-19,21,24,33H,15-17,20,22-23H2,1-6H3,(H,60,67)(H2,69,70,71)/t24-,33+/m1/s1. The molecule has 3 N–H and O–H groups in total. The number of rotatable bonds is 17. The zero-order valence-corrected chi connectivity index (χ0v) is 45.2. The van der Waals surface area contributed by atoms with E-state index in [1.807, 2.05) is 0 Å². The maximum Gasteiger partial charge on any atom is 0.524 e. The Labute approximate surface area is 448 Å². The molecule has 79 heavy (non-hydrogen) atoms. The van der Waals surface area contributed by atoms with Crippen molar-refractivity contribution in [1.82, 2.24) is 29.9 Å². The number of sulfone groups is 1. The van der Waals surface area contributed by atoms with Crippen LogP contribution in [-0.4, -0.2) is 93.6 Å². The molecular weight excluding hydrogens is 1160 g/mol. The van der Waals surface area contributed by atoms with Gasteiger partial charge in [0.15, 0.2) is 27.1 Å². The summed E-state index contributed by atoms with van der Waals surface area (Å²) >= 11 is 6.72. The molecule has 18 nitrogen and oxygen atoms in total. The van der Waals surface area contributed by atoms with Gasteiger partial charge in [-0.1, -0.05) is 42.8 Å². The minimum atomic E-state index is -5.35. The monoisotopic (exact) mass is 1200 g/mol. The van der Waals surface area contributed by atoms with E-state index in [-0.39, 0.29) is 43.3 Å². The average molecular weight is 1200 g/mol. The van der Waals surface area contributed by atoms with Gasteiger partial charge in [-0.05, 0) is 81.5 Å². The average Bonchev–Trinajstić information content (AvgIpc) is 4.13. The van der Waals surface area contributed by atoms with Crippen LogP contribution in [0.5, 0.6) is 5.75 Å². The molecule has 32 heteroatoms. The Morgan fingerprint density at radius 3 is 2.14 bits per heavy atom. The highest BCUT2D eigenvalue weighted by Gasteiger charge is 2.54. The fraction of sp³-hybridized carbons (Fsp3) is 0.383. The predicted octanol–water partition coefficient (Wildman–Crippen LogP) is 9.44. The molecule has 0 saturated heterocycles. The largest absolute Gasteiger partial charge is 0.524 e. The highest BCUT2D eigenvalue weighted by molar-refractivity contribution is 7.93. The number of amides is 3. The van der Waals surface area contributed by atoms with Gasteiger partial charge in [0.25, 0.3) is 5.92 Å². The molecule has 7 rings (SSSR count). The molecule has 0 spiro atoms. The summed E-state index contributed by atoms with van der Waals surface area (Å²) < 4.78 is 217. The van der Waals surface area contributed by atoms with Gasteiger partial charge >= 0.3 is 26.2 Å². The summed E-state index contributed by atoms with van der Waals surface area (Å²) in [6.07, 6.45) is -10.9. The molecule has 1 aliphatic rings. The van der Waals surface area contributed by atoms with Crippen LogP contribution in [0.1, 0.15) is 67.1 Å². The van der Waals surface area contributed by atoms with Gasteiger partial charge in [0, 0.05) is 47.7 Å². The number of aryl methyl sites for hydroxylation is 1. The molecule has 0 fully saturated rings. The highest BCUT2D eigenvalue weighted by Crippen LogP contribution is 2.50. The van der Waals surface area contributed by atoms with Crippen LogP contribution >= 0.6 is 19.4 Å². The van der Waals surface area contributed by atoms with Crippen LogP contribution < -0.4 is 19.0 Å². The number of alkyl halides is 8. The summed E-state index contributed by atoms with van der Waals surface area (Å²) in [6, 6.07) is 7.77. The number of phosphoric acid groups is 1. The van der Waals surface area contributed by atoms with Crippen molar-refractivity contribution in [3.63, 3.8) is 0 Å². The van der Waals surface area contributed by atoms with E-state index in [1.165, 1.54) is 38.1 Å². The molecule has 3 heterocycles. The molecule has 3 aromatic heterocycles. The molecular formula is C47H46ClF10N8O10PS2. The van der Waals surface area contributed by atoms with E-state index >= 15 is 8.78 Å². The summed E-state index contributed by atoms with van der Waals surface area (Å²) in [5.74, 6) is -11.0. The number of nitrogens with zero attached hydrogens (tertiary/aromatic N) is 7. The van der Waals surface area contributed by atoms with Crippen molar-refractivity contribution in [2.75, 3.05) is 28.8 Å². The van der Waals surface area contributed by atoms with Crippen molar-refractivity contribution in [3.05, 3.63) is 117 Å². The number of fused-ring (bicyclic) bond motifs is 2. The lowest BCUT2D eigenvalue weighted by atomic mass is 9.93. The first-order valence-corrected chi connectivity index (χ1v) is 28.7. The number of hydrogen-bond donors (Lipinski definition) is 3. The maximum absolute atomic E-state index is 15.6. The van der Waals surface area contributed by atoms with Gasteiger partial charge in [-0.2, -0.15) is 49.6 Å². The number of benzene rings is 3. The first-order valence-electron chi connectivity index (χ1n) is 23.1. The Hall–Kier alpha value is -6.33. The SMILES string of the molecule is C[C@@H]1Cc2c(C(F)(F)F)nn(CC(=O)N[C@@H](Cc3cc(F)cc(F)c3)c3nc(CCC(C)(C)S(C)(=O)=O)ccc3-c3ccc(Cl)c4c(N(C(=O)N(C)c5ccccc5OP(=O)(O)O)S(C)(=O)=O)nn(CC(F)(F)F)c34)c2C1(F)F. The maximum atomic E-state index is 15.6. The molecule has 0 aliphatic heterocycles. The van der Waals surface area contributed by atoms with E-state index in [4.69, 9.17) is 11.6 Å². The Bertz CT molecular complexity index is 3670. The quantitative estimate of drug-likeness (QED) is 0.0571. The zero-order valence-electron chi connectivity index (χ0n) is 42.0. The lowest BCUT2D eigenvalue weighted by Crippen LogP contribution is -2.45.